The molecule has 2 aromatic rings. The number of benzene rings is 1. The monoisotopic (exact) mass is 329 g/mol. The first-order chi connectivity index (χ1) is 11.6. The molecule has 0 spiro atoms. The Hall–Kier alpha value is -2.50. The van der Waals surface area contributed by atoms with Crippen LogP contribution in [0.2, 0.25) is 0 Å². The summed E-state index contributed by atoms with van der Waals surface area (Å²) < 4.78 is 19.1. The Morgan fingerprint density at radius 1 is 1.33 bits per heavy atom. The first-order valence-corrected chi connectivity index (χ1v) is 8.11. The standard InChI is InChI=1S/C18H20FN3O2/c1-3-12(2)18(23)22-10-8-13(9-11-22)17-20-16(21-24-17)14-6-4-5-7-15(14)19/h3-7,13H,8-11H2,1-2H3/b12-3+. The van der Waals surface area contributed by atoms with Crippen LogP contribution in [0.15, 0.2) is 40.4 Å². The van der Waals surface area contributed by atoms with Gasteiger partial charge in [-0.1, -0.05) is 23.4 Å². The maximum Gasteiger partial charge on any atom is 0.249 e. The summed E-state index contributed by atoms with van der Waals surface area (Å²) in [5.74, 6) is 0.600. The molecule has 0 bridgehead atoms. The summed E-state index contributed by atoms with van der Waals surface area (Å²) in [4.78, 5) is 18.4. The molecule has 24 heavy (non-hydrogen) atoms. The lowest BCUT2D eigenvalue weighted by atomic mass is 9.96. The summed E-state index contributed by atoms with van der Waals surface area (Å²) >= 11 is 0. The normalized spacial score (nSPS) is 16.5. The quantitative estimate of drug-likeness (QED) is 0.808. The number of carbonyl (C=O) groups is 1. The molecule has 1 saturated heterocycles. The summed E-state index contributed by atoms with van der Waals surface area (Å²) in [5.41, 5.74) is 1.09. The highest BCUT2D eigenvalue weighted by molar-refractivity contribution is 5.92. The largest absolute Gasteiger partial charge is 0.339 e. The number of allylic oxidation sites excluding steroid dienone is 1. The first kappa shape index (κ1) is 16.4. The van der Waals surface area contributed by atoms with Crippen LogP contribution in [0.1, 0.15) is 38.5 Å². The molecule has 0 saturated carbocycles. The van der Waals surface area contributed by atoms with Gasteiger partial charge in [0, 0.05) is 24.6 Å². The molecular weight excluding hydrogens is 309 g/mol. The van der Waals surface area contributed by atoms with E-state index in [0.717, 1.165) is 18.4 Å². The third kappa shape index (κ3) is 3.22. The van der Waals surface area contributed by atoms with Gasteiger partial charge in [-0.2, -0.15) is 4.98 Å². The Labute approximate surface area is 140 Å². The maximum atomic E-state index is 13.8. The number of carbonyl (C=O) groups excluding carboxylic acids is 1. The summed E-state index contributed by atoms with van der Waals surface area (Å²) in [5, 5.41) is 3.90. The van der Waals surface area contributed by atoms with Crippen molar-refractivity contribution in [2.24, 2.45) is 0 Å². The average Bonchev–Trinajstić information content (AvgIpc) is 3.11. The highest BCUT2D eigenvalue weighted by atomic mass is 19.1. The predicted octanol–water partition coefficient (Wildman–Crippen LogP) is 3.55. The minimum atomic E-state index is -0.368. The Kier molecular flexibility index (Phi) is 4.74. The van der Waals surface area contributed by atoms with Gasteiger partial charge in [-0.05, 0) is 38.8 Å². The van der Waals surface area contributed by atoms with Crippen molar-refractivity contribution in [2.45, 2.75) is 32.6 Å². The topological polar surface area (TPSA) is 59.2 Å². The molecule has 0 atom stereocenters. The van der Waals surface area contributed by atoms with Gasteiger partial charge >= 0.3 is 0 Å². The number of nitrogens with zero attached hydrogens (tertiary/aromatic N) is 3. The lowest BCUT2D eigenvalue weighted by molar-refractivity contribution is -0.128. The Bertz CT molecular complexity index is 761. The van der Waals surface area contributed by atoms with E-state index in [-0.39, 0.29) is 23.5 Å². The van der Waals surface area contributed by atoms with E-state index in [1.54, 1.807) is 18.2 Å². The fourth-order valence-electron chi connectivity index (χ4n) is 2.86. The Morgan fingerprint density at radius 3 is 2.71 bits per heavy atom. The van der Waals surface area contributed by atoms with E-state index in [9.17, 15) is 9.18 Å². The molecule has 1 aromatic carbocycles. The van der Waals surface area contributed by atoms with Crippen LogP contribution in [0.25, 0.3) is 11.4 Å². The zero-order valence-corrected chi connectivity index (χ0v) is 13.8. The molecule has 0 radical (unpaired) electrons. The molecule has 1 aliphatic rings. The molecular formula is C18H20FN3O2. The summed E-state index contributed by atoms with van der Waals surface area (Å²) in [6.07, 6.45) is 3.36. The Balaban J connectivity index is 1.68. The van der Waals surface area contributed by atoms with Crippen LogP contribution < -0.4 is 0 Å². The second kappa shape index (κ2) is 6.95. The summed E-state index contributed by atoms with van der Waals surface area (Å²) in [7, 11) is 0. The van der Waals surface area contributed by atoms with Crippen molar-refractivity contribution in [3.8, 4) is 11.4 Å². The third-order valence-corrected chi connectivity index (χ3v) is 4.46. The minimum Gasteiger partial charge on any atom is -0.339 e. The van der Waals surface area contributed by atoms with Gasteiger partial charge in [0.25, 0.3) is 0 Å². The number of hydrogen-bond donors (Lipinski definition) is 0. The molecule has 0 N–H and O–H groups in total. The number of hydrogen-bond acceptors (Lipinski definition) is 4. The van der Waals surface area contributed by atoms with Crippen molar-refractivity contribution in [3.05, 3.63) is 47.6 Å². The molecule has 2 heterocycles. The van der Waals surface area contributed by atoms with Gasteiger partial charge < -0.3 is 9.42 Å². The van der Waals surface area contributed by atoms with Gasteiger partial charge in [0.15, 0.2) is 0 Å². The van der Waals surface area contributed by atoms with E-state index in [1.165, 1.54) is 6.07 Å². The number of likely N-dealkylation sites (tertiary alicyclic amines) is 1. The molecule has 0 aliphatic carbocycles. The average molecular weight is 329 g/mol. The molecule has 6 heteroatoms. The van der Waals surface area contributed by atoms with E-state index in [2.05, 4.69) is 10.1 Å². The summed E-state index contributed by atoms with van der Waals surface area (Å²) in [6, 6.07) is 6.37. The van der Waals surface area contributed by atoms with E-state index in [4.69, 9.17) is 4.52 Å². The van der Waals surface area contributed by atoms with Gasteiger partial charge in [-0.3, -0.25) is 4.79 Å². The van der Waals surface area contributed by atoms with Crippen molar-refractivity contribution < 1.29 is 13.7 Å². The van der Waals surface area contributed by atoms with Crippen LogP contribution >= 0.6 is 0 Å². The Morgan fingerprint density at radius 2 is 2.04 bits per heavy atom. The zero-order chi connectivity index (χ0) is 17.1. The second-order valence-electron chi connectivity index (χ2n) is 5.97. The van der Waals surface area contributed by atoms with Gasteiger partial charge in [-0.25, -0.2) is 4.39 Å². The number of halogens is 1. The fraction of sp³-hybridized carbons (Fsp3) is 0.389. The fourth-order valence-corrected chi connectivity index (χ4v) is 2.86. The lowest BCUT2D eigenvalue weighted by Crippen LogP contribution is -2.38. The van der Waals surface area contributed by atoms with E-state index in [1.807, 2.05) is 24.8 Å². The highest BCUT2D eigenvalue weighted by Gasteiger charge is 2.28. The van der Waals surface area contributed by atoms with Crippen molar-refractivity contribution in [2.75, 3.05) is 13.1 Å². The molecule has 0 unspecified atom stereocenters. The molecule has 1 aromatic heterocycles. The van der Waals surface area contributed by atoms with Crippen LogP contribution in [-0.4, -0.2) is 34.0 Å². The number of aromatic nitrogens is 2. The number of piperidine rings is 1. The number of amides is 1. The van der Waals surface area contributed by atoms with Crippen molar-refractivity contribution in [3.63, 3.8) is 0 Å². The van der Waals surface area contributed by atoms with Gasteiger partial charge in [0.1, 0.15) is 5.82 Å². The SMILES string of the molecule is C/C=C(\C)C(=O)N1CCC(c2nc(-c3ccccc3F)no2)CC1. The van der Waals surface area contributed by atoms with E-state index >= 15 is 0 Å². The van der Waals surface area contributed by atoms with Gasteiger partial charge in [-0.15, -0.1) is 0 Å². The van der Waals surface area contributed by atoms with Crippen molar-refractivity contribution in [1.82, 2.24) is 15.0 Å². The predicted molar refractivity (Wildman–Crippen MR) is 87.7 cm³/mol. The zero-order valence-electron chi connectivity index (χ0n) is 13.8. The molecule has 1 fully saturated rings. The van der Waals surface area contributed by atoms with E-state index in [0.29, 0.717) is 24.5 Å². The molecule has 126 valence electrons. The van der Waals surface area contributed by atoms with Crippen LogP contribution in [0.4, 0.5) is 4.39 Å². The van der Waals surface area contributed by atoms with Crippen LogP contribution in [0, 0.1) is 5.82 Å². The van der Waals surface area contributed by atoms with E-state index < -0.39 is 0 Å². The molecule has 3 rings (SSSR count). The molecule has 1 aliphatic heterocycles. The second-order valence-corrected chi connectivity index (χ2v) is 5.97. The smallest absolute Gasteiger partial charge is 0.249 e. The van der Waals surface area contributed by atoms with Crippen molar-refractivity contribution in [1.29, 1.82) is 0 Å². The van der Waals surface area contributed by atoms with Gasteiger partial charge in [0.05, 0.1) is 5.56 Å². The third-order valence-electron chi connectivity index (χ3n) is 4.46. The molecule has 1 amide bonds. The van der Waals surface area contributed by atoms with Crippen LogP contribution in [0.3, 0.4) is 0 Å². The number of rotatable bonds is 3. The summed E-state index contributed by atoms with van der Waals surface area (Å²) in [6.45, 7) is 5.01. The molecule has 5 nitrogen and oxygen atoms in total. The minimum absolute atomic E-state index is 0.0773. The van der Waals surface area contributed by atoms with Crippen LogP contribution in [0.5, 0.6) is 0 Å². The maximum absolute atomic E-state index is 13.8. The van der Waals surface area contributed by atoms with Crippen molar-refractivity contribution >= 4 is 5.91 Å². The lowest BCUT2D eigenvalue weighted by Gasteiger charge is -2.30. The first-order valence-electron chi connectivity index (χ1n) is 8.11. The highest BCUT2D eigenvalue weighted by Crippen LogP contribution is 2.29. The van der Waals surface area contributed by atoms with Gasteiger partial charge in [0.2, 0.25) is 17.6 Å². The van der Waals surface area contributed by atoms with Crippen LogP contribution in [-0.2, 0) is 4.79 Å².